The maximum Gasteiger partial charge on any atom is 0.245 e. The molecule has 2 aromatic heterocycles. The second kappa shape index (κ2) is 4.61. The molecule has 0 unspecified atom stereocenters. The van der Waals surface area contributed by atoms with Crippen LogP contribution in [0.1, 0.15) is 0 Å². The lowest BCUT2D eigenvalue weighted by Gasteiger charge is -2.08. The molecule has 3 aromatic rings. The van der Waals surface area contributed by atoms with Gasteiger partial charge in [-0.3, -0.25) is 4.57 Å². The van der Waals surface area contributed by atoms with Gasteiger partial charge in [-0.25, -0.2) is 14.4 Å². The number of anilines is 1. The summed E-state index contributed by atoms with van der Waals surface area (Å²) in [6.45, 7) is 0. The summed E-state index contributed by atoms with van der Waals surface area (Å²) in [5, 5.41) is 0.202. The van der Waals surface area contributed by atoms with Crippen molar-refractivity contribution in [3.8, 4) is 11.6 Å². The van der Waals surface area contributed by atoms with Gasteiger partial charge in [0, 0.05) is 0 Å². The van der Waals surface area contributed by atoms with E-state index in [1.807, 2.05) is 0 Å². The second-order valence-corrected chi connectivity index (χ2v) is 4.36. The average Bonchev–Trinajstić information content (AvgIpc) is 2.75. The van der Waals surface area contributed by atoms with Crippen LogP contribution < -0.4 is 10.5 Å². The topological polar surface area (TPSA) is 78.8 Å². The molecule has 0 aliphatic carbocycles. The lowest BCUT2D eigenvalue weighted by Crippen LogP contribution is -2.02. The van der Waals surface area contributed by atoms with E-state index >= 15 is 0 Å². The molecule has 0 aliphatic heterocycles. The fraction of sp³-hybridized carbons (Fsp3) is 0.0833. The number of ether oxygens (including phenoxy) is 1. The minimum Gasteiger partial charge on any atom is -0.479 e. The highest BCUT2D eigenvalue weighted by Gasteiger charge is 2.17. The molecule has 2 heterocycles. The van der Waals surface area contributed by atoms with E-state index in [-0.39, 0.29) is 11.0 Å². The molecule has 0 amide bonds. The normalized spacial score (nSPS) is 10.9. The van der Waals surface area contributed by atoms with Crippen molar-refractivity contribution in [2.24, 2.45) is 0 Å². The summed E-state index contributed by atoms with van der Waals surface area (Å²) in [4.78, 5) is 12.2. The number of nitrogen functional groups attached to an aromatic ring is 1. The molecule has 0 atom stereocenters. The van der Waals surface area contributed by atoms with Crippen LogP contribution in [-0.2, 0) is 0 Å². The lowest BCUT2D eigenvalue weighted by atomic mass is 10.3. The summed E-state index contributed by atoms with van der Waals surface area (Å²) in [6.07, 6.45) is 1.33. The fourth-order valence-electron chi connectivity index (χ4n) is 1.94. The van der Waals surface area contributed by atoms with Crippen molar-refractivity contribution in [2.75, 3.05) is 12.8 Å². The third-order valence-electron chi connectivity index (χ3n) is 2.78. The Hall–Kier alpha value is -2.41. The Bertz CT molecular complexity index is 804. The molecule has 0 saturated heterocycles. The van der Waals surface area contributed by atoms with Gasteiger partial charge in [-0.05, 0) is 18.2 Å². The van der Waals surface area contributed by atoms with Crippen molar-refractivity contribution >= 4 is 28.7 Å². The molecular weight excluding hydrogens is 285 g/mol. The van der Waals surface area contributed by atoms with Gasteiger partial charge in [0.2, 0.25) is 11.8 Å². The maximum absolute atomic E-state index is 13.1. The molecule has 3 rings (SSSR count). The van der Waals surface area contributed by atoms with E-state index in [9.17, 15) is 4.39 Å². The zero-order chi connectivity index (χ0) is 14.3. The molecule has 0 radical (unpaired) electrons. The third-order valence-corrected chi connectivity index (χ3v) is 3.08. The smallest absolute Gasteiger partial charge is 0.245 e. The molecule has 0 bridgehead atoms. The molecular formula is C12H9ClFN5O. The highest BCUT2D eigenvalue weighted by atomic mass is 35.5. The molecule has 0 aliphatic rings. The number of rotatable bonds is 2. The van der Waals surface area contributed by atoms with E-state index in [0.717, 1.165) is 0 Å². The number of methoxy groups -OCH3 is 1. The number of hydrogen-bond acceptors (Lipinski definition) is 5. The van der Waals surface area contributed by atoms with E-state index < -0.39 is 5.82 Å². The van der Waals surface area contributed by atoms with Gasteiger partial charge in [0.15, 0.2) is 11.2 Å². The predicted molar refractivity (Wildman–Crippen MR) is 72.6 cm³/mol. The van der Waals surface area contributed by atoms with Crippen LogP contribution in [-0.4, -0.2) is 26.6 Å². The van der Waals surface area contributed by atoms with Crippen LogP contribution in [0.25, 0.3) is 16.9 Å². The van der Waals surface area contributed by atoms with Crippen molar-refractivity contribution in [3.63, 3.8) is 0 Å². The van der Waals surface area contributed by atoms with Gasteiger partial charge in [0.25, 0.3) is 0 Å². The van der Waals surface area contributed by atoms with Crippen molar-refractivity contribution < 1.29 is 9.13 Å². The number of halogens is 2. The summed E-state index contributed by atoms with van der Waals surface area (Å²) in [7, 11) is 1.47. The lowest BCUT2D eigenvalue weighted by molar-refractivity contribution is 0.401. The minimum atomic E-state index is -0.436. The Morgan fingerprint density at radius 1 is 1.35 bits per heavy atom. The maximum atomic E-state index is 13.1. The average molecular weight is 294 g/mol. The predicted octanol–water partition coefficient (Wildman–Crippen LogP) is 2.20. The van der Waals surface area contributed by atoms with E-state index in [0.29, 0.717) is 22.7 Å². The number of fused-ring (bicyclic) bond motifs is 1. The molecule has 0 fully saturated rings. The monoisotopic (exact) mass is 293 g/mol. The van der Waals surface area contributed by atoms with Crippen LogP contribution >= 0.6 is 11.6 Å². The van der Waals surface area contributed by atoms with Crippen LogP contribution in [0.2, 0.25) is 5.02 Å². The van der Waals surface area contributed by atoms with E-state index in [4.69, 9.17) is 22.1 Å². The molecule has 2 N–H and O–H groups in total. The summed E-state index contributed by atoms with van der Waals surface area (Å²) in [5.74, 6) is 0.0277. The van der Waals surface area contributed by atoms with Crippen molar-refractivity contribution in [3.05, 3.63) is 35.4 Å². The van der Waals surface area contributed by atoms with Gasteiger partial charge in [0.05, 0.1) is 17.8 Å². The standard InChI is InChI=1S/C12H9ClFN5O/c1-20-11-9-10(16-5-17-11)19(12(15)18-9)8-3-2-6(14)4-7(8)13/h2-5H,1H3,(H2,15,18). The highest BCUT2D eigenvalue weighted by molar-refractivity contribution is 6.32. The van der Waals surface area contributed by atoms with Crippen molar-refractivity contribution in [2.45, 2.75) is 0 Å². The first kappa shape index (κ1) is 12.6. The number of nitrogens with zero attached hydrogens (tertiary/aromatic N) is 4. The Kier molecular flexibility index (Phi) is 2.90. The van der Waals surface area contributed by atoms with Gasteiger partial charge >= 0.3 is 0 Å². The molecule has 1 aromatic carbocycles. The summed E-state index contributed by atoms with van der Waals surface area (Å²) < 4.78 is 19.8. The summed E-state index contributed by atoms with van der Waals surface area (Å²) >= 11 is 6.05. The van der Waals surface area contributed by atoms with Gasteiger partial charge in [-0.2, -0.15) is 4.98 Å². The van der Waals surface area contributed by atoms with Crippen LogP contribution in [0.5, 0.6) is 5.88 Å². The highest BCUT2D eigenvalue weighted by Crippen LogP contribution is 2.30. The first-order valence-corrected chi connectivity index (χ1v) is 5.98. The van der Waals surface area contributed by atoms with Gasteiger partial charge < -0.3 is 10.5 Å². The van der Waals surface area contributed by atoms with Crippen molar-refractivity contribution in [1.82, 2.24) is 19.5 Å². The Labute approximate surface area is 118 Å². The third kappa shape index (κ3) is 1.83. The molecule has 20 heavy (non-hydrogen) atoms. The van der Waals surface area contributed by atoms with Gasteiger partial charge in [-0.15, -0.1) is 0 Å². The number of benzene rings is 1. The Morgan fingerprint density at radius 3 is 2.85 bits per heavy atom. The van der Waals surface area contributed by atoms with Gasteiger partial charge in [0.1, 0.15) is 12.1 Å². The first-order chi connectivity index (χ1) is 9.61. The molecule has 0 spiro atoms. The van der Waals surface area contributed by atoms with Crippen molar-refractivity contribution in [1.29, 1.82) is 0 Å². The van der Waals surface area contributed by atoms with Crippen LogP contribution in [0.4, 0.5) is 10.3 Å². The van der Waals surface area contributed by atoms with Gasteiger partial charge in [-0.1, -0.05) is 11.6 Å². The SMILES string of the molecule is COc1ncnc2c1nc(N)n2-c1ccc(F)cc1Cl. The summed E-state index contributed by atoms with van der Waals surface area (Å²) in [5.41, 5.74) is 7.22. The van der Waals surface area contributed by atoms with Crippen LogP contribution in [0.3, 0.4) is 0 Å². The van der Waals surface area contributed by atoms with Crippen LogP contribution in [0, 0.1) is 5.82 Å². The Balaban J connectivity index is 2.34. The van der Waals surface area contributed by atoms with E-state index in [2.05, 4.69) is 15.0 Å². The molecule has 0 saturated carbocycles. The first-order valence-electron chi connectivity index (χ1n) is 5.60. The zero-order valence-corrected chi connectivity index (χ0v) is 11.1. The number of nitrogens with two attached hydrogens (primary N) is 1. The summed E-state index contributed by atoms with van der Waals surface area (Å²) in [6, 6.07) is 3.98. The fourth-order valence-corrected chi connectivity index (χ4v) is 2.19. The number of hydrogen-bond donors (Lipinski definition) is 1. The second-order valence-electron chi connectivity index (χ2n) is 3.96. The Morgan fingerprint density at radius 2 is 2.15 bits per heavy atom. The van der Waals surface area contributed by atoms with E-state index in [1.54, 1.807) is 0 Å². The zero-order valence-electron chi connectivity index (χ0n) is 10.3. The number of aromatic nitrogens is 4. The number of imidazole rings is 1. The quantitative estimate of drug-likeness (QED) is 0.783. The van der Waals surface area contributed by atoms with Crippen LogP contribution in [0.15, 0.2) is 24.5 Å². The molecule has 102 valence electrons. The van der Waals surface area contributed by atoms with E-state index in [1.165, 1.54) is 36.2 Å². The largest absolute Gasteiger partial charge is 0.479 e. The molecule has 6 nitrogen and oxygen atoms in total. The molecule has 8 heteroatoms. The minimum absolute atomic E-state index is 0.160.